The summed E-state index contributed by atoms with van der Waals surface area (Å²) in [7, 11) is -4.14. The fraction of sp³-hybridized carbons (Fsp3) is 0.333. The number of anilines is 1. The summed E-state index contributed by atoms with van der Waals surface area (Å²) >= 11 is 12.3. The van der Waals surface area contributed by atoms with Crippen molar-refractivity contribution in [2.75, 3.05) is 10.8 Å². The molecule has 212 valence electrons. The molecular weight excluding hydrogens is 569 g/mol. The van der Waals surface area contributed by atoms with Gasteiger partial charge >= 0.3 is 0 Å². The Morgan fingerprint density at radius 1 is 0.925 bits per heavy atom. The van der Waals surface area contributed by atoms with Crippen molar-refractivity contribution < 1.29 is 18.0 Å². The van der Waals surface area contributed by atoms with E-state index in [2.05, 4.69) is 5.32 Å². The predicted octanol–water partition coefficient (Wildman–Crippen LogP) is 6.05. The van der Waals surface area contributed by atoms with Gasteiger partial charge in [0.15, 0.2) is 0 Å². The molecule has 0 spiro atoms. The lowest BCUT2D eigenvalue weighted by Gasteiger charge is -2.33. The molecule has 1 atom stereocenters. The standard InChI is InChI=1S/C30H33Cl2N3O4S/c1-2-28(30(37)33-25-10-6-7-11-25)34(20-22-15-17-23(31)18-16-22)29(36)21-35(26-12-8-9-24(32)19-26)40(38,39)27-13-4-3-5-14-27/h3-5,8-9,12-19,25,28H,2,6-7,10-11,20-21H2,1H3,(H,33,37). The van der Waals surface area contributed by atoms with E-state index >= 15 is 0 Å². The van der Waals surface area contributed by atoms with E-state index in [0.29, 0.717) is 16.5 Å². The van der Waals surface area contributed by atoms with Gasteiger partial charge in [0.2, 0.25) is 11.8 Å². The van der Waals surface area contributed by atoms with Gasteiger partial charge in [-0.25, -0.2) is 8.42 Å². The number of nitrogens with zero attached hydrogens (tertiary/aromatic N) is 2. The Labute approximate surface area is 246 Å². The van der Waals surface area contributed by atoms with Crippen LogP contribution in [0.2, 0.25) is 10.0 Å². The number of carbonyl (C=O) groups is 2. The van der Waals surface area contributed by atoms with Crippen molar-refractivity contribution in [1.29, 1.82) is 0 Å². The molecule has 1 fully saturated rings. The molecule has 3 aromatic carbocycles. The minimum Gasteiger partial charge on any atom is -0.352 e. The third kappa shape index (κ3) is 7.36. The van der Waals surface area contributed by atoms with E-state index in [-0.39, 0.29) is 29.1 Å². The van der Waals surface area contributed by atoms with Crippen LogP contribution in [0.4, 0.5) is 5.69 Å². The quantitative estimate of drug-likeness (QED) is 0.289. The van der Waals surface area contributed by atoms with Gasteiger partial charge in [-0.3, -0.25) is 13.9 Å². The number of sulfonamides is 1. The summed E-state index contributed by atoms with van der Waals surface area (Å²) in [6.45, 7) is 1.44. The lowest BCUT2D eigenvalue weighted by Crippen LogP contribution is -2.53. The van der Waals surface area contributed by atoms with Crippen molar-refractivity contribution >= 4 is 50.7 Å². The summed E-state index contributed by atoms with van der Waals surface area (Å²) in [5.41, 5.74) is 1.02. The second kappa shape index (κ2) is 13.5. The van der Waals surface area contributed by atoms with Crippen LogP contribution in [0.5, 0.6) is 0 Å². The summed E-state index contributed by atoms with van der Waals surface area (Å²) in [4.78, 5) is 29.1. The average molecular weight is 603 g/mol. The smallest absolute Gasteiger partial charge is 0.264 e. The van der Waals surface area contributed by atoms with Crippen molar-refractivity contribution in [3.05, 3.63) is 94.5 Å². The van der Waals surface area contributed by atoms with E-state index in [4.69, 9.17) is 23.2 Å². The molecule has 3 aromatic rings. The van der Waals surface area contributed by atoms with Gasteiger partial charge in [-0.1, -0.05) is 79.4 Å². The largest absolute Gasteiger partial charge is 0.352 e. The molecule has 0 heterocycles. The fourth-order valence-corrected chi connectivity index (χ4v) is 6.69. The van der Waals surface area contributed by atoms with E-state index in [0.717, 1.165) is 35.6 Å². The summed E-state index contributed by atoms with van der Waals surface area (Å²) in [6, 6.07) is 20.6. The minimum atomic E-state index is -4.14. The fourth-order valence-electron chi connectivity index (χ4n) is 4.95. The Morgan fingerprint density at radius 2 is 1.60 bits per heavy atom. The topological polar surface area (TPSA) is 86.8 Å². The normalized spacial score (nSPS) is 14.5. The van der Waals surface area contributed by atoms with E-state index in [1.54, 1.807) is 60.7 Å². The van der Waals surface area contributed by atoms with Gasteiger partial charge in [0.05, 0.1) is 10.6 Å². The SMILES string of the molecule is CCC(C(=O)NC1CCCC1)N(Cc1ccc(Cl)cc1)C(=O)CN(c1cccc(Cl)c1)S(=O)(=O)c1ccccc1. The van der Waals surface area contributed by atoms with Gasteiger partial charge in [0.25, 0.3) is 10.0 Å². The summed E-state index contributed by atoms with van der Waals surface area (Å²) in [5.74, 6) is -0.750. The van der Waals surface area contributed by atoms with E-state index in [9.17, 15) is 18.0 Å². The monoisotopic (exact) mass is 601 g/mol. The molecule has 1 aliphatic carbocycles. The zero-order chi connectivity index (χ0) is 28.7. The minimum absolute atomic E-state index is 0.0399. The van der Waals surface area contributed by atoms with Crippen molar-refractivity contribution in [3.8, 4) is 0 Å². The highest BCUT2D eigenvalue weighted by Gasteiger charge is 2.34. The summed E-state index contributed by atoms with van der Waals surface area (Å²) in [6.07, 6.45) is 4.29. The third-order valence-electron chi connectivity index (χ3n) is 7.06. The third-order valence-corrected chi connectivity index (χ3v) is 9.34. The van der Waals surface area contributed by atoms with Crippen LogP contribution in [-0.4, -0.2) is 43.8 Å². The molecule has 1 saturated carbocycles. The molecule has 0 aromatic heterocycles. The summed E-state index contributed by atoms with van der Waals surface area (Å²) in [5, 5.41) is 3.99. The van der Waals surface area contributed by atoms with Crippen molar-refractivity contribution in [2.45, 2.75) is 62.6 Å². The van der Waals surface area contributed by atoms with Gasteiger partial charge in [0, 0.05) is 22.6 Å². The lowest BCUT2D eigenvalue weighted by atomic mass is 10.1. The molecule has 4 rings (SSSR count). The number of benzene rings is 3. The number of halogens is 2. The zero-order valence-corrected chi connectivity index (χ0v) is 24.6. The van der Waals surface area contributed by atoms with Gasteiger partial charge in [-0.05, 0) is 67.3 Å². The van der Waals surface area contributed by atoms with E-state index < -0.39 is 28.5 Å². The number of hydrogen-bond donors (Lipinski definition) is 1. The van der Waals surface area contributed by atoms with Gasteiger partial charge < -0.3 is 10.2 Å². The Hall–Kier alpha value is -3.07. The maximum Gasteiger partial charge on any atom is 0.264 e. The highest BCUT2D eigenvalue weighted by Crippen LogP contribution is 2.27. The van der Waals surface area contributed by atoms with Crippen LogP contribution in [0.3, 0.4) is 0 Å². The zero-order valence-electron chi connectivity index (χ0n) is 22.3. The van der Waals surface area contributed by atoms with Crippen molar-refractivity contribution in [1.82, 2.24) is 10.2 Å². The average Bonchev–Trinajstić information content (AvgIpc) is 3.46. The van der Waals surface area contributed by atoms with E-state index in [1.807, 2.05) is 6.92 Å². The Morgan fingerprint density at radius 3 is 2.23 bits per heavy atom. The van der Waals surface area contributed by atoms with Crippen LogP contribution in [0.25, 0.3) is 0 Å². The van der Waals surface area contributed by atoms with Gasteiger partial charge in [-0.2, -0.15) is 0 Å². The first kappa shape index (κ1) is 29.9. The van der Waals surface area contributed by atoms with Crippen LogP contribution in [0.15, 0.2) is 83.8 Å². The first-order chi connectivity index (χ1) is 19.2. The predicted molar refractivity (Wildman–Crippen MR) is 159 cm³/mol. The molecule has 0 aliphatic heterocycles. The van der Waals surface area contributed by atoms with Gasteiger partial charge in [-0.15, -0.1) is 0 Å². The Balaban J connectivity index is 1.70. The molecule has 7 nitrogen and oxygen atoms in total. The highest BCUT2D eigenvalue weighted by atomic mass is 35.5. The molecule has 1 N–H and O–H groups in total. The molecular formula is C30H33Cl2N3O4S. The molecule has 2 amide bonds. The molecule has 40 heavy (non-hydrogen) atoms. The van der Waals surface area contributed by atoms with Gasteiger partial charge in [0.1, 0.15) is 12.6 Å². The van der Waals surface area contributed by atoms with E-state index in [1.165, 1.54) is 23.1 Å². The Kier molecular flexibility index (Phi) is 10.1. The van der Waals surface area contributed by atoms with Crippen molar-refractivity contribution in [2.24, 2.45) is 0 Å². The second-order valence-corrected chi connectivity index (χ2v) is 12.6. The molecule has 0 saturated heterocycles. The Bertz CT molecular complexity index is 1410. The van der Waals surface area contributed by atoms with Crippen LogP contribution in [0.1, 0.15) is 44.6 Å². The molecule has 1 unspecified atom stereocenters. The molecule has 1 aliphatic rings. The number of hydrogen-bond acceptors (Lipinski definition) is 4. The van der Waals surface area contributed by atoms with Crippen LogP contribution in [-0.2, 0) is 26.2 Å². The van der Waals surface area contributed by atoms with Crippen LogP contribution in [0, 0.1) is 0 Å². The summed E-state index contributed by atoms with van der Waals surface area (Å²) < 4.78 is 28.7. The number of amides is 2. The molecule has 0 bridgehead atoms. The number of nitrogens with one attached hydrogen (secondary N) is 1. The highest BCUT2D eigenvalue weighted by molar-refractivity contribution is 7.92. The molecule has 10 heteroatoms. The first-order valence-electron chi connectivity index (χ1n) is 13.4. The maximum absolute atomic E-state index is 14.1. The van der Waals surface area contributed by atoms with Crippen LogP contribution >= 0.6 is 23.2 Å². The molecule has 0 radical (unpaired) electrons. The van der Waals surface area contributed by atoms with Crippen LogP contribution < -0.4 is 9.62 Å². The number of rotatable bonds is 11. The maximum atomic E-state index is 14.1. The number of carbonyl (C=O) groups excluding carboxylic acids is 2. The first-order valence-corrected chi connectivity index (χ1v) is 15.6. The lowest BCUT2D eigenvalue weighted by molar-refractivity contribution is -0.140. The second-order valence-electron chi connectivity index (χ2n) is 9.87. The van der Waals surface area contributed by atoms with Crippen molar-refractivity contribution in [3.63, 3.8) is 0 Å².